The topological polar surface area (TPSA) is 55.4 Å². The second kappa shape index (κ2) is 18.6. The molecule has 0 spiro atoms. The molecule has 0 N–H and O–H groups in total. The molecule has 0 aromatic carbocycles. The van der Waals surface area contributed by atoms with E-state index < -0.39 is 39.2 Å². The fraction of sp³-hybridized carbons (Fsp3) is 1.00. The van der Waals surface area contributed by atoms with E-state index in [1.807, 2.05) is 62.3 Å². The first-order chi connectivity index (χ1) is 14.1. The third-order valence-corrected chi connectivity index (χ3v) is 25.1. The Morgan fingerprint density at radius 3 is 1.03 bits per heavy atom. The van der Waals surface area contributed by atoms with Crippen molar-refractivity contribution in [1.82, 2.24) is 0 Å². The molecule has 8 heteroatoms. The Morgan fingerprint density at radius 1 is 0.594 bits per heavy atom. The van der Waals surface area contributed by atoms with Gasteiger partial charge < -0.3 is 0 Å². The van der Waals surface area contributed by atoms with Crippen molar-refractivity contribution < 1.29 is 18.4 Å². The van der Waals surface area contributed by atoms with Gasteiger partial charge in [0.05, 0.1) is 0 Å². The molecule has 0 saturated carbocycles. The molecule has 0 saturated heterocycles. The van der Waals surface area contributed by atoms with Crippen molar-refractivity contribution in [3.8, 4) is 0 Å². The van der Waals surface area contributed by atoms with Crippen LogP contribution in [0.3, 0.4) is 0 Å². The van der Waals surface area contributed by atoms with E-state index in [4.69, 9.17) is 18.4 Å². The van der Waals surface area contributed by atoms with Crippen LogP contribution in [0.1, 0.15) is 104 Å². The quantitative estimate of drug-likeness (QED) is 0.179. The van der Waals surface area contributed by atoms with Gasteiger partial charge in [-0.2, -0.15) is 0 Å². The van der Waals surface area contributed by atoms with Gasteiger partial charge in [-0.3, -0.25) is 0 Å². The van der Waals surface area contributed by atoms with E-state index in [-0.39, 0.29) is 31.2 Å². The summed E-state index contributed by atoms with van der Waals surface area (Å²) in [4.78, 5) is 0. The molecule has 0 aliphatic heterocycles. The summed E-state index contributed by atoms with van der Waals surface area (Å²) in [5.74, 6) is 0. The van der Waals surface area contributed by atoms with Crippen molar-refractivity contribution in [1.29, 1.82) is 0 Å². The monoisotopic (exact) mass is 682 g/mol. The number of rotatable bonds is 14. The van der Waals surface area contributed by atoms with E-state index in [1.54, 1.807) is 0 Å². The van der Waals surface area contributed by atoms with E-state index in [1.165, 1.54) is 0 Å². The second-order valence-corrected chi connectivity index (χ2v) is 26.1. The summed E-state index contributed by atoms with van der Waals surface area (Å²) in [6.07, 6.45) is 0.488. The molecule has 32 heavy (non-hydrogen) atoms. The third kappa shape index (κ3) is 17.7. The van der Waals surface area contributed by atoms with Gasteiger partial charge >= 0.3 is 207 Å². The van der Waals surface area contributed by atoms with Gasteiger partial charge in [0.25, 0.3) is 0 Å². The summed E-state index contributed by atoms with van der Waals surface area (Å²) in [7, 11) is 0. The average molecular weight is 680 g/mol. The number of hydrogen-bond donors (Lipinski definition) is 0. The van der Waals surface area contributed by atoms with E-state index in [9.17, 15) is 0 Å². The maximum atomic E-state index is 6.09. The molecular weight excluding hydrogens is 622 g/mol. The van der Waals surface area contributed by atoms with Crippen molar-refractivity contribution in [3.63, 3.8) is 0 Å². The van der Waals surface area contributed by atoms with Crippen LogP contribution in [0, 0.1) is 5.41 Å². The van der Waals surface area contributed by atoms with Gasteiger partial charge in [-0.15, -0.1) is 0 Å². The Balaban J connectivity index is -0.000000511. The molecule has 0 bridgehead atoms. The normalized spacial score (nSPS) is 12.9. The minimum atomic E-state index is -3.40. The van der Waals surface area contributed by atoms with Crippen LogP contribution in [-0.2, 0) is 18.4 Å². The molecule has 0 aliphatic rings. The first kappa shape index (κ1) is 37.9. The summed E-state index contributed by atoms with van der Waals surface area (Å²) < 4.78 is 37.1. The standard InChI is InChI=1S/C5H11.3C3H7O.C3H7.3C2H5O.CH4.2Sn/c1-5(2,3)4;3*1-3(2)4;1-3-2;3*1-2-3;;;/h1H2,2-4H3;3*3H,1-2H3;3H,1-2H3;3*2H2,1H3;1H4;;/q;3*-1;;3*-1;;2*+3. The predicted octanol–water partition coefficient (Wildman–Crippen LogP) is 7.33. The van der Waals surface area contributed by atoms with Gasteiger partial charge in [0.1, 0.15) is 0 Å². The second-order valence-electron chi connectivity index (χ2n) is 9.98. The summed E-state index contributed by atoms with van der Waals surface area (Å²) in [6, 6.07) is 0. The maximum absolute atomic E-state index is 6.09. The summed E-state index contributed by atoms with van der Waals surface area (Å²) in [5, 5.41) is 0. The van der Waals surface area contributed by atoms with Crippen LogP contribution in [0.15, 0.2) is 0 Å². The molecule has 198 valence electrons. The Labute approximate surface area is 212 Å². The van der Waals surface area contributed by atoms with Crippen LogP contribution in [0.2, 0.25) is 8.37 Å². The molecule has 0 atom stereocenters. The first-order valence-electron chi connectivity index (χ1n) is 12.0. The van der Waals surface area contributed by atoms with Crippen molar-refractivity contribution >= 4 is 39.2 Å². The predicted molar refractivity (Wildman–Crippen MR) is 141 cm³/mol. The van der Waals surface area contributed by atoms with Crippen LogP contribution < -0.4 is 0 Å². The SMILES string of the molecule is C.CC(C)[O][Sn]([O]C(C)C)([O]C(C)C)[CH](C)C.CC[O][Sn]([CH2]C(C)(C)C)([O]CC)[O]CC. The van der Waals surface area contributed by atoms with Crippen molar-refractivity contribution in [2.75, 3.05) is 19.8 Å². The van der Waals surface area contributed by atoms with Crippen molar-refractivity contribution in [2.45, 2.75) is 131 Å². The summed E-state index contributed by atoms with van der Waals surface area (Å²) in [6.45, 7) is 31.2. The molecule has 0 aromatic rings. The van der Waals surface area contributed by atoms with Gasteiger partial charge in [0.15, 0.2) is 0 Å². The summed E-state index contributed by atoms with van der Waals surface area (Å²) >= 11 is -6.63. The zero-order valence-corrected chi connectivity index (χ0v) is 28.8. The van der Waals surface area contributed by atoms with Gasteiger partial charge in [-0.05, 0) is 0 Å². The van der Waals surface area contributed by atoms with Crippen LogP contribution >= 0.6 is 0 Å². The zero-order valence-electron chi connectivity index (χ0n) is 23.1. The Hall–Kier alpha value is 1.36. The van der Waals surface area contributed by atoms with Gasteiger partial charge in [0, 0.05) is 0 Å². The van der Waals surface area contributed by atoms with Crippen molar-refractivity contribution in [3.05, 3.63) is 0 Å². The Kier molecular flexibility index (Phi) is 22.0. The fourth-order valence-corrected chi connectivity index (χ4v) is 20.6. The number of hydrogen-bond acceptors (Lipinski definition) is 6. The van der Waals surface area contributed by atoms with Gasteiger partial charge in [-0.1, -0.05) is 7.43 Å². The molecule has 0 heterocycles. The average Bonchev–Trinajstić information content (AvgIpc) is 2.52. The Morgan fingerprint density at radius 2 is 0.875 bits per heavy atom. The van der Waals surface area contributed by atoms with E-state index in [2.05, 4.69) is 34.6 Å². The molecule has 0 fully saturated rings. The molecule has 0 rings (SSSR count). The molecule has 0 aromatic heterocycles. The Bertz CT molecular complexity index is 393. The van der Waals surface area contributed by atoms with Gasteiger partial charge in [0.2, 0.25) is 0 Å². The molecule has 0 radical (unpaired) electrons. The minimum absolute atomic E-state index is 0. The molecule has 0 unspecified atom stereocenters. The molecule has 0 aliphatic carbocycles. The van der Waals surface area contributed by atoms with Crippen LogP contribution in [0.25, 0.3) is 0 Å². The van der Waals surface area contributed by atoms with E-state index >= 15 is 0 Å². The van der Waals surface area contributed by atoms with Crippen LogP contribution in [-0.4, -0.2) is 77.4 Å². The van der Waals surface area contributed by atoms with Crippen LogP contribution in [0.5, 0.6) is 0 Å². The summed E-state index contributed by atoms with van der Waals surface area (Å²) in [5.41, 5.74) is 0.204. The van der Waals surface area contributed by atoms with E-state index in [0.29, 0.717) is 23.8 Å². The molecule has 6 nitrogen and oxygen atoms in total. The van der Waals surface area contributed by atoms with Gasteiger partial charge in [-0.25, -0.2) is 0 Å². The fourth-order valence-electron chi connectivity index (χ4n) is 3.06. The third-order valence-electron chi connectivity index (χ3n) is 3.75. The zero-order chi connectivity index (χ0) is 24.9. The van der Waals surface area contributed by atoms with E-state index in [0.717, 1.165) is 4.44 Å². The van der Waals surface area contributed by atoms with Crippen LogP contribution in [0.4, 0.5) is 0 Å². The van der Waals surface area contributed by atoms with Crippen molar-refractivity contribution in [2.24, 2.45) is 5.41 Å². The molecular formula is C24H58O6Sn2. The first-order valence-corrected chi connectivity index (χ1v) is 22.7. The molecule has 0 amide bonds.